The molecule has 1 aliphatic carbocycles. The molecule has 0 saturated heterocycles. The van der Waals surface area contributed by atoms with Crippen molar-refractivity contribution in [3.05, 3.63) is 35.8 Å². The third-order valence-electron chi connectivity index (χ3n) is 2.71. The van der Waals surface area contributed by atoms with Crippen molar-refractivity contribution in [1.82, 2.24) is 9.38 Å². The van der Waals surface area contributed by atoms with Crippen LogP contribution in [-0.2, 0) is 5.88 Å². The van der Waals surface area contributed by atoms with Crippen LogP contribution in [0.5, 0.6) is 0 Å². The largest absolute Gasteiger partial charge is 0.306 e. The Bertz CT molecular complexity index is 471. The lowest BCUT2D eigenvalue weighted by atomic mass is 10.2. The summed E-state index contributed by atoms with van der Waals surface area (Å²) in [4.78, 5) is 4.38. The maximum atomic E-state index is 5.74. The van der Waals surface area contributed by atoms with Crippen molar-refractivity contribution in [2.45, 2.75) is 24.6 Å². The first-order valence-electron chi connectivity index (χ1n) is 4.90. The van der Waals surface area contributed by atoms with Crippen molar-refractivity contribution >= 4 is 17.2 Å². The summed E-state index contributed by atoms with van der Waals surface area (Å²) in [5.74, 6) is 1.28. The molecule has 1 fully saturated rings. The summed E-state index contributed by atoms with van der Waals surface area (Å²) in [5, 5.41) is 0. The van der Waals surface area contributed by atoms with E-state index in [1.807, 2.05) is 6.20 Å². The van der Waals surface area contributed by atoms with Crippen LogP contribution < -0.4 is 0 Å². The van der Waals surface area contributed by atoms with Crippen LogP contribution in [-0.4, -0.2) is 9.38 Å². The first-order chi connectivity index (χ1) is 6.86. The van der Waals surface area contributed by atoms with E-state index in [-0.39, 0.29) is 0 Å². The summed E-state index contributed by atoms with van der Waals surface area (Å²) in [7, 11) is 0. The number of hydrogen-bond donors (Lipinski definition) is 0. The van der Waals surface area contributed by atoms with E-state index in [1.54, 1.807) is 0 Å². The molecule has 0 atom stereocenters. The summed E-state index contributed by atoms with van der Waals surface area (Å²) < 4.78 is 2.07. The number of rotatable bonds is 2. The van der Waals surface area contributed by atoms with Crippen LogP contribution in [0.2, 0.25) is 0 Å². The number of hydrogen-bond acceptors (Lipinski definition) is 1. The number of fused-ring (bicyclic) bond motifs is 1. The Balaban J connectivity index is 2.12. The zero-order chi connectivity index (χ0) is 9.54. The number of nitrogens with zero attached hydrogens (tertiary/aromatic N) is 2. The van der Waals surface area contributed by atoms with Gasteiger partial charge in [0.25, 0.3) is 0 Å². The number of imidazole rings is 1. The molecule has 14 heavy (non-hydrogen) atoms. The lowest BCUT2D eigenvalue weighted by Crippen LogP contribution is -1.86. The molecule has 0 radical (unpaired) electrons. The van der Waals surface area contributed by atoms with Gasteiger partial charge in [0, 0.05) is 12.4 Å². The molecule has 0 amide bonds. The third kappa shape index (κ3) is 1.30. The Labute approximate surface area is 87.5 Å². The molecule has 2 aromatic rings. The van der Waals surface area contributed by atoms with E-state index < -0.39 is 0 Å². The van der Waals surface area contributed by atoms with Crippen molar-refractivity contribution in [2.24, 2.45) is 0 Å². The van der Waals surface area contributed by atoms with Gasteiger partial charge in [0.05, 0.1) is 11.6 Å². The van der Waals surface area contributed by atoms with Crippen LogP contribution in [0, 0.1) is 0 Å². The molecule has 72 valence electrons. The van der Waals surface area contributed by atoms with Gasteiger partial charge in [0.2, 0.25) is 0 Å². The minimum Gasteiger partial charge on any atom is -0.306 e. The second-order valence-corrected chi connectivity index (χ2v) is 4.14. The average Bonchev–Trinajstić information content (AvgIpc) is 2.97. The molecule has 2 heterocycles. The van der Waals surface area contributed by atoms with E-state index in [4.69, 9.17) is 11.6 Å². The third-order valence-corrected chi connectivity index (χ3v) is 2.98. The van der Waals surface area contributed by atoms with Crippen molar-refractivity contribution in [1.29, 1.82) is 0 Å². The Morgan fingerprint density at radius 3 is 2.93 bits per heavy atom. The van der Waals surface area contributed by atoms with E-state index in [0.717, 1.165) is 17.3 Å². The average molecular weight is 207 g/mol. The highest BCUT2D eigenvalue weighted by molar-refractivity contribution is 6.16. The zero-order valence-electron chi connectivity index (χ0n) is 7.78. The number of alkyl halides is 1. The van der Waals surface area contributed by atoms with Gasteiger partial charge in [0.15, 0.2) is 0 Å². The fourth-order valence-corrected chi connectivity index (χ4v) is 1.91. The normalized spacial score (nSPS) is 16.4. The molecule has 0 spiro atoms. The van der Waals surface area contributed by atoms with Crippen molar-refractivity contribution in [3.63, 3.8) is 0 Å². The van der Waals surface area contributed by atoms with Gasteiger partial charge in [0.1, 0.15) is 5.65 Å². The summed E-state index contributed by atoms with van der Waals surface area (Å²) in [6, 6.07) is 4.25. The van der Waals surface area contributed by atoms with Gasteiger partial charge >= 0.3 is 0 Å². The van der Waals surface area contributed by atoms with E-state index >= 15 is 0 Å². The van der Waals surface area contributed by atoms with E-state index in [1.165, 1.54) is 18.4 Å². The van der Waals surface area contributed by atoms with Gasteiger partial charge < -0.3 is 4.40 Å². The van der Waals surface area contributed by atoms with Crippen molar-refractivity contribution in [2.75, 3.05) is 0 Å². The Hall–Kier alpha value is -1.02. The maximum Gasteiger partial charge on any atom is 0.137 e. The van der Waals surface area contributed by atoms with E-state index in [2.05, 4.69) is 27.7 Å². The predicted octanol–water partition coefficient (Wildman–Crippen LogP) is 2.95. The molecule has 0 N–H and O–H groups in total. The fourth-order valence-electron chi connectivity index (χ4n) is 1.78. The minimum atomic E-state index is 0.487. The van der Waals surface area contributed by atoms with Crippen LogP contribution in [0.4, 0.5) is 0 Å². The lowest BCUT2D eigenvalue weighted by molar-refractivity contribution is 1.06. The number of pyridine rings is 1. The van der Waals surface area contributed by atoms with Crippen LogP contribution in [0.15, 0.2) is 24.5 Å². The van der Waals surface area contributed by atoms with Crippen LogP contribution in [0.25, 0.3) is 5.65 Å². The van der Waals surface area contributed by atoms with E-state index in [0.29, 0.717) is 5.88 Å². The molecule has 3 heteroatoms. The minimum absolute atomic E-state index is 0.487. The maximum absolute atomic E-state index is 5.74. The summed E-state index contributed by atoms with van der Waals surface area (Å²) in [6.45, 7) is 0. The zero-order valence-corrected chi connectivity index (χ0v) is 8.54. The SMILES string of the molecule is ClCc1cn2cc(C3CC3)ccc2n1. The Morgan fingerprint density at radius 2 is 2.21 bits per heavy atom. The van der Waals surface area contributed by atoms with Crippen LogP contribution >= 0.6 is 11.6 Å². The summed E-state index contributed by atoms with van der Waals surface area (Å²) >= 11 is 5.74. The molecule has 0 unspecified atom stereocenters. The quantitative estimate of drug-likeness (QED) is 0.691. The first-order valence-corrected chi connectivity index (χ1v) is 5.44. The highest BCUT2D eigenvalue weighted by Gasteiger charge is 2.23. The Morgan fingerprint density at radius 1 is 1.36 bits per heavy atom. The molecule has 1 saturated carbocycles. The molecule has 0 aromatic carbocycles. The predicted molar refractivity (Wildman–Crippen MR) is 56.7 cm³/mol. The fraction of sp³-hybridized carbons (Fsp3) is 0.364. The highest BCUT2D eigenvalue weighted by Crippen LogP contribution is 2.39. The number of aromatic nitrogens is 2. The van der Waals surface area contributed by atoms with Gasteiger partial charge in [-0.1, -0.05) is 6.07 Å². The van der Waals surface area contributed by atoms with Crippen LogP contribution in [0.1, 0.15) is 30.0 Å². The smallest absolute Gasteiger partial charge is 0.137 e. The summed E-state index contributed by atoms with van der Waals surface area (Å²) in [6.07, 6.45) is 6.86. The standard InChI is InChI=1S/C11H11ClN2/c12-5-10-7-14-6-9(8-1-2-8)3-4-11(14)13-10/h3-4,6-8H,1-2,5H2. The lowest BCUT2D eigenvalue weighted by Gasteiger charge is -1.98. The van der Waals surface area contributed by atoms with E-state index in [9.17, 15) is 0 Å². The van der Waals surface area contributed by atoms with Crippen molar-refractivity contribution in [3.8, 4) is 0 Å². The number of halogens is 1. The Kier molecular flexibility index (Phi) is 1.77. The molecule has 3 rings (SSSR count). The van der Waals surface area contributed by atoms with Gasteiger partial charge in [-0.25, -0.2) is 4.98 Å². The van der Waals surface area contributed by atoms with Gasteiger partial charge in [-0.15, -0.1) is 11.6 Å². The molecule has 1 aliphatic rings. The highest BCUT2D eigenvalue weighted by atomic mass is 35.5. The van der Waals surface area contributed by atoms with Gasteiger partial charge in [-0.05, 0) is 30.4 Å². The monoisotopic (exact) mass is 206 g/mol. The van der Waals surface area contributed by atoms with Gasteiger partial charge in [-0.3, -0.25) is 0 Å². The topological polar surface area (TPSA) is 17.3 Å². The molecule has 2 aromatic heterocycles. The first kappa shape index (κ1) is 8.30. The molecular weight excluding hydrogens is 196 g/mol. The molecular formula is C11H11ClN2. The second kappa shape index (κ2) is 2.99. The second-order valence-electron chi connectivity index (χ2n) is 3.87. The summed E-state index contributed by atoms with van der Waals surface area (Å²) in [5.41, 5.74) is 3.36. The molecule has 0 aliphatic heterocycles. The van der Waals surface area contributed by atoms with Crippen molar-refractivity contribution < 1.29 is 0 Å². The van der Waals surface area contributed by atoms with Crippen LogP contribution in [0.3, 0.4) is 0 Å². The molecule has 0 bridgehead atoms. The molecule has 2 nitrogen and oxygen atoms in total. The van der Waals surface area contributed by atoms with Gasteiger partial charge in [-0.2, -0.15) is 0 Å².